The smallest absolute Gasteiger partial charge is 0.227 e. The van der Waals surface area contributed by atoms with Crippen LogP contribution in [0.2, 0.25) is 0 Å². The highest BCUT2D eigenvalue weighted by atomic mass is 16.5. The van der Waals surface area contributed by atoms with Gasteiger partial charge in [0.25, 0.3) is 0 Å². The SMILES string of the molecule is CNC1COCC1C(=O)NCc1ncccc1C. The van der Waals surface area contributed by atoms with Crippen LogP contribution >= 0.6 is 0 Å². The van der Waals surface area contributed by atoms with Crippen molar-refractivity contribution in [3.63, 3.8) is 0 Å². The zero-order chi connectivity index (χ0) is 13.0. The van der Waals surface area contributed by atoms with E-state index in [0.29, 0.717) is 19.8 Å². The van der Waals surface area contributed by atoms with E-state index in [1.807, 2.05) is 26.1 Å². The van der Waals surface area contributed by atoms with E-state index in [-0.39, 0.29) is 17.9 Å². The van der Waals surface area contributed by atoms with Gasteiger partial charge in [-0.25, -0.2) is 0 Å². The standard InChI is InChI=1S/C13H19N3O2/c1-9-4-3-5-15-11(9)6-16-13(17)10-7-18-8-12(10)14-2/h3-5,10,12,14H,6-8H2,1-2H3,(H,16,17). The van der Waals surface area contributed by atoms with Gasteiger partial charge >= 0.3 is 0 Å². The fourth-order valence-electron chi connectivity index (χ4n) is 2.10. The molecule has 1 aliphatic rings. The summed E-state index contributed by atoms with van der Waals surface area (Å²) in [6.45, 7) is 3.54. The Hall–Kier alpha value is -1.46. The Morgan fingerprint density at radius 1 is 1.56 bits per heavy atom. The zero-order valence-electron chi connectivity index (χ0n) is 10.8. The first-order valence-corrected chi connectivity index (χ1v) is 6.15. The summed E-state index contributed by atoms with van der Waals surface area (Å²) in [5.74, 6) is -0.0871. The third-order valence-electron chi connectivity index (χ3n) is 3.34. The normalized spacial score (nSPS) is 23.0. The minimum absolute atomic E-state index is 0.0249. The molecule has 5 nitrogen and oxygen atoms in total. The van der Waals surface area contributed by atoms with Crippen molar-refractivity contribution < 1.29 is 9.53 Å². The number of hydrogen-bond acceptors (Lipinski definition) is 4. The largest absolute Gasteiger partial charge is 0.379 e. The number of carbonyl (C=O) groups excluding carboxylic acids is 1. The van der Waals surface area contributed by atoms with Gasteiger partial charge in [0, 0.05) is 12.2 Å². The summed E-state index contributed by atoms with van der Waals surface area (Å²) in [4.78, 5) is 16.3. The third kappa shape index (κ3) is 2.86. The Kier molecular flexibility index (Phi) is 4.28. The van der Waals surface area contributed by atoms with E-state index in [1.54, 1.807) is 6.20 Å². The molecule has 5 heteroatoms. The molecule has 1 saturated heterocycles. The van der Waals surface area contributed by atoms with E-state index < -0.39 is 0 Å². The maximum atomic E-state index is 12.0. The van der Waals surface area contributed by atoms with Crippen LogP contribution in [-0.2, 0) is 16.1 Å². The molecule has 2 atom stereocenters. The number of pyridine rings is 1. The zero-order valence-corrected chi connectivity index (χ0v) is 10.8. The Morgan fingerprint density at radius 3 is 3.11 bits per heavy atom. The maximum absolute atomic E-state index is 12.0. The van der Waals surface area contributed by atoms with E-state index in [9.17, 15) is 4.79 Å². The molecule has 0 radical (unpaired) electrons. The Labute approximate surface area is 107 Å². The van der Waals surface area contributed by atoms with E-state index in [4.69, 9.17) is 4.74 Å². The molecule has 1 fully saturated rings. The molecule has 2 N–H and O–H groups in total. The van der Waals surface area contributed by atoms with Gasteiger partial charge in [0.2, 0.25) is 5.91 Å². The summed E-state index contributed by atoms with van der Waals surface area (Å²) in [5.41, 5.74) is 2.00. The van der Waals surface area contributed by atoms with Crippen LogP contribution in [0.3, 0.4) is 0 Å². The van der Waals surface area contributed by atoms with Crippen molar-refractivity contribution in [3.8, 4) is 0 Å². The number of carbonyl (C=O) groups is 1. The molecular formula is C13H19N3O2. The van der Waals surface area contributed by atoms with Crippen LogP contribution in [0.1, 0.15) is 11.3 Å². The highest BCUT2D eigenvalue weighted by molar-refractivity contribution is 5.79. The van der Waals surface area contributed by atoms with Gasteiger partial charge in [0.05, 0.1) is 31.4 Å². The van der Waals surface area contributed by atoms with Gasteiger partial charge in [0.1, 0.15) is 0 Å². The molecular weight excluding hydrogens is 230 g/mol. The molecule has 1 aliphatic heterocycles. The van der Waals surface area contributed by atoms with Crippen molar-refractivity contribution in [2.45, 2.75) is 19.5 Å². The van der Waals surface area contributed by atoms with Crippen LogP contribution < -0.4 is 10.6 Å². The predicted molar refractivity (Wildman–Crippen MR) is 68.0 cm³/mol. The second kappa shape index (κ2) is 5.93. The van der Waals surface area contributed by atoms with E-state index in [1.165, 1.54) is 0 Å². The number of aryl methyl sites for hydroxylation is 1. The number of likely N-dealkylation sites (N-methyl/N-ethyl adjacent to an activating group) is 1. The first kappa shape index (κ1) is 13.0. The molecule has 0 saturated carbocycles. The number of nitrogens with zero attached hydrogens (tertiary/aromatic N) is 1. The molecule has 0 aliphatic carbocycles. The molecule has 2 rings (SSSR count). The Balaban J connectivity index is 1.90. The molecule has 1 aromatic rings. The Bertz CT molecular complexity index is 422. The molecule has 18 heavy (non-hydrogen) atoms. The first-order chi connectivity index (χ1) is 8.72. The highest BCUT2D eigenvalue weighted by Crippen LogP contribution is 2.13. The molecule has 1 amide bonds. The predicted octanol–water partition coefficient (Wildman–Crippen LogP) is 0.241. The molecule has 0 spiro atoms. The lowest BCUT2D eigenvalue weighted by atomic mass is 10.0. The first-order valence-electron chi connectivity index (χ1n) is 6.15. The summed E-state index contributed by atoms with van der Waals surface area (Å²) in [6.07, 6.45) is 1.74. The minimum atomic E-state index is -0.112. The van der Waals surface area contributed by atoms with Gasteiger partial charge in [-0.3, -0.25) is 9.78 Å². The van der Waals surface area contributed by atoms with E-state index in [2.05, 4.69) is 15.6 Å². The quantitative estimate of drug-likeness (QED) is 0.802. The highest BCUT2D eigenvalue weighted by Gasteiger charge is 2.32. The van der Waals surface area contributed by atoms with Crippen molar-refractivity contribution in [2.24, 2.45) is 5.92 Å². The topological polar surface area (TPSA) is 63.2 Å². The molecule has 1 aromatic heterocycles. The van der Waals surface area contributed by atoms with Gasteiger partial charge in [0.15, 0.2) is 0 Å². The van der Waals surface area contributed by atoms with Crippen LogP contribution in [0.4, 0.5) is 0 Å². The van der Waals surface area contributed by atoms with Crippen LogP contribution in [0.5, 0.6) is 0 Å². The van der Waals surface area contributed by atoms with Gasteiger partial charge in [-0.05, 0) is 25.6 Å². The van der Waals surface area contributed by atoms with Crippen molar-refractivity contribution in [1.82, 2.24) is 15.6 Å². The molecule has 2 heterocycles. The van der Waals surface area contributed by atoms with E-state index in [0.717, 1.165) is 11.3 Å². The second-order valence-corrected chi connectivity index (χ2v) is 4.52. The lowest BCUT2D eigenvalue weighted by Gasteiger charge is -2.16. The lowest BCUT2D eigenvalue weighted by molar-refractivity contribution is -0.125. The maximum Gasteiger partial charge on any atom is 0.227 e. The van der Waals surface area contributed by atoms with Crippen molar-refractivity contribution in [1.29, 1.82) is 0 Å². The summed E-state index contributed by atoms with van der Waals surface area (Å²) in [5, 5.41) is 6.03. The van der Waals surface area contributed by atoms with E-state index >= 15 is 0 Å². The molecule has 0 aromatic carbocycles. The monoisotopic (exact) mass is 249 g/mol. The van der Waals surface area contributed by atoms with Crippen LogP contribution in [-0.4, -0.2) is 37.2 Å². The number of amides is 1. The van der Waals surface area contributed by atoms with Gasteiger partial charge in [-0.2, -0.15) is 0 Å². The lowest BCUT2D eigenvalue weighted by Crippen LogP contribution is -2.42. The number of ether oxygens (including phenoxy) is 1. The molecule has 0 bridgehead atoms. The average Bonchev–Trinajstić information content (AvgIpc) is 2.86. The fraction of sp³-hybridized carbons (Fsp3) is 0.538. The third-order valence-corrected chi connectivity index (χ3v) is 3.34. The number of nitrogens with one attached hydrogen (secondary N) is 2. The van der Waals surface area contributed by atoms with Crippen LogP contribution in [0.25, 0.3) is 0 Å². The number of rotatable bonds is 4. The molecule has 98 valence electrons. The van der Waals surface area contributed by atoms with Crippen molar-refractivity contribution in [3.05, 3.63) is 29.6 Å². The van der Waals surface area contributed by atoms with Crippen LogP contribution in [0.15, 0.2) is 18.3 Å². The van der Waals surface area contributed by atoms with Crippen molar-refractivity contribution in [2.75, 3.05) is 20.3 Å². The summed E-state index contributed by atoms with van der Waals surface area (Å²) in [6, 6.07) is 3.99. The second-order valence-electron chi connectivity index (χ2n) is 4.52. The summed E-state index contributed by atoms with van der Waals surface area (Å²) < 4.78 is 5.32. The number of aromatic nitrogens is 1. The molecule has 2 unspecified atom stereocenters. The van der Waals surface area contributed by atoms with Gasteiger partial charge in [-0.15, -0.1) is 0 Å². The minimum Gasteiger partial charge on any atom is -0.379 e. The number of hydrogen-bond donors (Lipinski definition) is 2. The summed E-state index contributed by atoms with van der Waals surface area (Å²) >= 11 is 0. The van der Waals surface area contributed by atoms with Gasteiger partial charge < -0.3 is 15.4 Å². The summed E-state index contributed by atoms with van der Waals surface area (Å²) in [7, 11) is 1.85. The Morgan fingerprint density at radius 2 is 2.39 bits per heavy atom. The van der Waals surface area contributed by atoms with Gasteiger partial charge in [-0.1, -0.05) is 6.07 Å². The average molecular weight is 249 g/mol. The van der Waals surface area contributed by atoms with Crippen molar-refractivity contribution >= 4 is 5.91 Å². The van der Waals surface area contributed by atoms with Crippen LogP contribution in [0, 0.1) is 12.8 Å². The fourth-order valence-corrected chi connectivity index (χ4v) is 2.10.